The van der Waals surface area contributed by atoms with Gasteiger partial charge >= 0.3 is 4.83 Å². The molecule has 0 aliphatic rings. The van der Waals surface area contributed by atoms with E-state index in [1.807, 2.05) is 15.9 Å². The van der Waals surface area contributed by atoms with Crippen LogP contribution in [0.25, 0.3) is 0 Å². The molecule has 0 aromatic carbocycles. The van der Waals surface area contributed by atoms with Crippen LogP contribution in [-0.4, -0.2) is 20.1 Å². The van der Waals surface area contributed by atoms with Crippen molar-refractivity contribution < 1.29 is 13.9 Å². The van der Waals surface area contributed by atoms with E-state index in [2.05, 4.69) is 10.2 Å². The van der Waals surface area contributed by atoms with Crippen molar-refractivity contribution in [3.8, 4) is 0 Å². The van der Waals surface area contributed by atoms with Crippen LogP contribution >= 0.6 is 15.9 Å². The number of aliphatic hydroxyl groups excluding tert-OH is 1. The molecule has 0 aliphatic carbocycles. The van der Waals surface area contributed by atoms with E-state index in [1.165, 1.54) is 6.20 Å². The molecule has 2 N–H and O–H groups in total. The highest BCUT2D eigenvalue weighted by Crippen LogP contribution is 2.35. The second-order valence-corrected chi connectivity index (χ2v) is 3.03. The van der Waals surface area contributed by atoms with Crippen LogP contribution in [0.15, 0.2) is 12.4 Å². The fraction of sp³-hybridized carbons (Fsp3) is 0.400. The number of hydrogen-bond donors (Lipinski definition) is 2. The number of H-pyrrole nitrogens is 1. The molecule has 0 fully saturated rings. The van der Waals surface area contributed by atoms with E-state index in [0.717, 1.165) is 6.20 Å². The lowest BCUT2D eigenvalue weighted by atomic mass is 10.2. The van der Waals surface area contributed by atoms with Crippen LogP contribution in [0.4, 0.5) is 8.78 Å². The average Bonchev–Trinajstić information content (AvgIpc) is 2.34. The number of halogens is 3. The Kier molecular flexibility index (Phi) is 2.24. The third kappa shape index (κ3) is 1.97. The summed E-state index contributed by atoms with van der Waals surface area (Å²) in [6.45, 7) is 0. The molecule has 0 bridgehead atoms. The van der Waals surface area contributed by atoms with E-state index in [-0.39, 0.29) is 5.56 Å². The Hall–Kier alpha value is -0.490. The number of alkyl halides is 3. The van der Waals surface area contributed by atoms with E-state index in [9.17, 15) is 8.78 Å². The van der Waals surface area contributed by atoms with Crippen molar-refractivity contribution in [3.63, 3.8) is 0 Å². The van der Waals surface area contributed by atoms with Gasteiger partial charge in [-0.25, -0.2) is 0 Å². The van der Waals surface area contributed by atoms with E-state index in [1.54, 1.807) is 0 Å². The van der Waals surface area contributed by atoms with Crippen LogP contribution in [0, 0.1) is 0 Å². The molecule has 3 nitrogen and oxygen atoms in total. The van der Waals surface area contributed by atoms with Gasteiger partial charge in [0.15, 0.2) is 6.10 Å². The third-order valence-corrected chi connectivity index (χ3v) is 1.58. The van der Waals surface area contributed by atoms with Crippen LogP contribution in [0.5, 0.6) is 0 Å². The lowest BCUT2D eigenvalue weighted by Crippen LogP contribution is -2.17. The molecule has 0 aliphatic heterocycles. The summed E-state index contributed by atoms with van der Waals surface area (Å²) in [4.78, 5) is -3.31. The summed E-state index contributed by atoms with van der Waals surface area (Å²) >= 11 is 2.04. The molecule has 1 unspecified atom stereocenters. The van der Waals surface area contributed by atoms with Gasteiger partial charge < -0.3 is 5.11 Å². The highest BCUT2D eigenvalue weighted by molar-refractivity contribution is 9.10. The van der Waals surface area contributed by atoms with Gasteiger partial charge in [0.2, 0.25) is 0 Å². The number of aromatic nitrogens is 2. The molecule has 1 atom stereocenters. The Morgan fingerprint density at radius 2 is 2.36 bits per heavy atom. The van der Waals surface area contributed by atoms with E-state index < -0.39 is 10.9 Å². The molecule has 11 heavy (non-hydrogen) atoms. The van der Waals surface area contributed by atoms with Crippen molar-refractivity contribution in [2.24, 2.45) is 0 Å². The second-order valence-electron chi connectivity index (χ2n) is 1.98. The van der Waals surface area contributed by atoms with E-state index >= 15 is 0 Å². The number of nitrogens with one attached hydrogen (secondary N) is 1. The summed E-state index contributed by atoms with van der Waals surface area (Å²) in [6, 6.07) is 0. The minimum atomic E-state index is -3.31. The lowest BCUT2D eigenvalue weighted by Gasteiger charge is -2.13. The molecular formula is C5H5BrF2N2O. The Labute approximate surface area is 69.6 Å². The molecule has 0 spiro atoms. The minimum Gasteiger partial charge on any atom is -0.381 e. The highest BCUT2D eigenvalue weighted by atomic mass is 79.9. The van der Waals surface area contributed by atoms with Gasteiger partial charge in [0.25, 0.3) is 0 Å². The van der Waals surface area contributed by atoms with Crippen LogP contribution in [0.3, 0.4) is 0 Å². The van der Waals surface area contributed by atoms with Crippen LogP contribution in [-0.2, 0) is 0 Å². The maximum atomic E-state index is 12.3. The topological polar surface area (TPSA) is 48.9 Å². The Morgan fingerprint density at radius 3 is 2.73 bits per heavy atom. The number of nitrogens with zero attached hydrogens (tertiary/aromatic N) is 1. The first-order chi connectivity index (χ1) is 5.02. The maximum absolute atomic E-state index is 12.3. The molecule has 62 valence electrons. The molecule has 1 heterocycles. The first kappa shape index (κ1) is 8.61. The largest absolute Gasteiger partial charge is 0.381 e. The zero-order valence-corrected chi connectivity index (χ0v) is 6.85. The summed E-state index contributed by atoms with van der Waals surface area (Å²) in [6.07, 6.45) is 0.487. The smallest absolute Gasteiger partial charge is 0.330 e. The van der Waals surface area contributed by atoms with Gasteiger partial charge in [0.1, 0.15) is 0 Å². The van der Waals surface area contributed by atoms with Gasteiger partial charge in [-0.05, 0) is 15.9 Å². The minimum absolute atomic E-state index is 0.0480. The van der Waals surface area contributed by atoms with E-state index in [4.69, 9.17) is 5.11 Å². The Bertz CT molecular complexity index is 221. The summed E-state index contributed by atoms with van der Waals surface area (Å²) in [5, 5.41) is 14.6. The molecule has 0 amide bonds. The molecule has 6 heteroatoms. The zero-order valence-electron chi connectivity index (χ0n) is 5.26. The number of hydrogen-bond acceptors (Lipinski definition) is 2. The van der Waals surface area contributed by atoms with Gasteiger partial charge in [-0.3, -0.25) is 5.10 Å². The first-order valence-electron chi connectivity index (χ1n) is 2.75. The maximum Gasteiger partial charge on any atom is 0.330 e. The predicted molar refractivity (Wildman–Crippen MR) is 37.4 cm³/mol. The second kappa shape index (κ2) is 2.86. The monoisotopic (exact) mass is 226 g/mol. The number of aliphatic hydroxyl groups is 1. The normalized spacial score (nSPS) is 14.9. The average molecular weight is 227 g/mol. The molecule has 1 rings (SSSR count). The van der Waals surface area contributed by atoms with Gasteiger partial charge in [0.05, 0.1) is 6.20 Å². The van der Waals surface area contributed by atoms with Crippen LogP contribution in [0.2, 0.25) is 0 Å². The van der Waals surface area contributed by atoms with Gasteiger partial charge in [-0.2, -0.15) is 13.9 Å². The first-order valence-corrected chi connectivity index (χ1v) is 3.54. The standard InChI is InChI=1S/C5H5BrF2N2O/c6-5(7,8)4(11)3-1-9-10-2-3/h1-2,4,11H,(H,9,10). The molecule has 1 aromatic rings. The molecule has 0 saturated heterocycles. The fourth-order valence-corrected chi connectivity index (χ4v) is 0.864. The van der Waals surface area contributed by atoms with Crippen LogP contribution < -0.4 is 0 Å². The number of rotatable bonds is 2. The third-order valence-electron chi connectivity index (χ3n) is 1.15. The van der Waals surface area contributed by atoms with Crippen molar-refractivity contribution in [2.45, 2.75) is 10.9 Å². The Morgan fingerprint density at radius 1 is 1.73 bits per heavy atom. The highest BCUT2D eigenvalue weighted by Gasteiger charge is 2.36. The van der Waals surface area contributed by atoms with Crippen molar-refractivity contribution in [2.75, 3.05) is 0 Å². The summed E-state index contributed by atoms with van der Waals surface area (Å²) in [7, 11) is 0. The SMILES string of the molecule is OC(c1cn[nH]c1)C(F)(F)Br. The molecule has 1 aromatic heterocycles. The van der Waals surface area contributed by atoms with Gasteiger partial charge in [-0.15, -0.1) is 0 Å². The van der Waals surface area contributed by atoms with Crippen molar-refractivity contribution in [1.82, 2.24) is 10.2 Å². The van der Waals surface area contributed by atoms with Crippen molar-refractivity contribution >= 4 is 15.9 Å². The number of aromatic amines is 1. The van der Waals surface area contributed by atoms with Crippen LogP contribution in [0.1, 0.15) is 11.7 Å². The fourth-order valence-electron chi connectivity index (χ4n) is 0.599. The quantitative estimate of drug-likeness (QED) is 0.750. The van der Waals surface area contributed by atoms with E-state index in [0.29, 0.717) is 0 Å². The molecule has 0 radical (unpaired) electrons. The zero-order chi connectivity index (χ0) is 8.48. The van der Waals surface area contributed by atoms with Gasteiger partial charge in [-0.1, -0.05) is 0 Å². The van der Waals surface area contributed by atoms with Crippen molar-refractivity contribution in [3.05, 3.63) is 18.0 Å². The summed E-state index contributed by atoms with van der Waals surface area (Å²) in [5.74, 6) is 0. The predicted octanol–water partition coefficient (Wildman–Crippen LogP) is 1.43. The Balaban J connectivity index is 2.78. The summed E-state index contributed by atoms with van der Waals surface area (Å²) < 4.78 is 24.6. The molecule has 0 saturated carbocycles. The summed E-state index contributed by atoms with van der Waals surface area (Å²) in [5.41, 5.74) is 0.0480. The molecular weight excluding hydrogens is 222 g/mol. The van der Waals surface area contributed by atoms with Crippen molar-refractivity contribution in [1.29, 1.82) is 0 Å². The lowest BCUT2D eigenvalue weighted by molar-refractivity contribution is -0.0294. The van der Waals surface area contributed by atoms with Gasteiger partial charge in [0, 0.05) is 11.8 Å².